The quantitative estimate of drug-likeness (QED) is 0.292. The smallest absolute Gasteiger partial charge is 0.383 e. The van der Waals surface area contributed by atoms with E-state index in [-0.39, 0.29) is 6.61 Å². The molecule has 0 aromatic carbocycles. The number of phosphoric ester groups is 1. The third-order valence-electron chi connectivity index (χ3n) is 3.32. The highest BCUT2D eigenvalue weighted by Gasteiger charge is 2.18. The van der Waals surface area contributed by atoms with Crippen LogP contribution in [0, 0.1) is 13.8 Å². The fourth-order valence-electron chi connectivity index (χ4n) is 2.08. The van der Waals surface area contributed by atoms with Gasteiger partial charge in [0.15, 0.2) is 12.2 Å². The summed E-state index contributed by atoms with van der Waals surface area (Å²) in [6, 6.07) is 0. The number of thiazole rings is 1. The van der Waals surface area contributed by atoms with Crippen molar-refractivity contribution in [2.45, 2.75) is 33.2 Å². The molecule has 2 aromatic heterocycles. The highest BCUT2D eigenvalue weighted by molar-refractivity contribution is 7.46. The highest BCUT2D eigenvalue weighted by atomic mass is 32.1. The predicted molar refractivity (Wildman–Crippen MR) is 85.9 cm³/mol. The predicted octanol–water partition coefficient (Wildman–Crippen LogP) is 1.11. The van der Waals surface area contributed by atoms with Crippen LogP contribution >= 0.6 is 19.2 Å². The van der Waals surface area contributed by atoms with Crippen LogP contribution < -0.4 is 10.3 Å². The van der Waals surface area contributed by atoms with E-state index < -0.39 is 7.82 Å². The SMILES string of the molecule is Cc1ncc(C[n+]2cs[13c](CCCOP(=O)(O)O)[13c]2[13CH3])c(N)n1. The normalized spacial score (nSPS) is 11.8. The van der Waals surface area contributed by atoms with Gasteiger partial charge in [-0.2, -0.15) is 4.57 Å². The fraction of sp³-hybridized carbons (Fsp3) is 0.462. The Morgan fingerprint density at radius 2 is 2.17 bits per heavy atom. The molecular formula is C13H20N4O4PS+. The molecule has 0 spiro atoms. The van der Waals surface area contributed by atoms with E-state index in [0.29, 0.717) is 31.0 Å². The summed E-state index contributed by atoms with van der Waals surface area (Å²) in [5.74, 6) is 1.12. The number of nitrogens with zero attached hydrogens (tertiary/aromatic N) is 3. The van der Waals surface area contributed by atoms with Crippen LogP contribution in [0.4, 0.5) is 5.82 Å². The van der Waals surface area contributed by atoms with Crippen molar-refractivity contribution in [2.24, 2.45) is 0 Å². The summed E-state index contributed by atoms with van der Waals surface area (Å²) in [6.45, 7) is 4.41. The van der Waals surface area contributed by atoms with E-state index in [1.165, 1.54) is 0 Å². The second-order valence-electron chi connectivity index (χ2n) is 5.11. The lowest BCUT2D eigenvalue weighted by Gasteiger charge is -2.04. The molecule has 126 valence electrons. The van der Waals surface area contributed by atoms with E-state index in [4.69, 9.17) is 15.5 Å². The van der Waals surface area contributed by atoms with Crippen LogP contribution in [-0.4, -0.2) is 26.4 Å². The zero-order chi connectivity index (χ0) is 17.0. The van der Waals surface area contributed by atoms with Crippen molar-refractivity contribution in [2.75, 3.05) is 12.3 Å². The molecule has 2 rings (SSSR count). The Morgan fingerprint density at radius 3 is 2.83 bits per heavy atom. The molecule has 0 aliphatic rings. The first kappa shape index (κ1) is 18.0. The van der Waals surface area contributed by atoms with Crippen LogP contribution in [0.5, 0.6) is 0 Å². The molecule has 0 bridgehead atoms. The maximum absolute atomic E-state index is 10.6. The summed E-state index contributed by atoms with van der Waals surface area (Å²) in [4.78, 5) is 26.8. The molecule has 0 fully saturated rings. The molecular weight excluding hydrogens is 342 g/mol. The lowest BCUT2D eigenvalue weighted by atomic mass is 10.3. The van der Waals surface area contributed by atoms with Crippen molar-refractivity contribution in [3.63, 3.8) is 0 Å². The molecule has 0 saturated carbocycles. The molecule has 0 amide bonds. The molecule has 2 heterocycles. The van der Waals surface area contributed by atoms with Crippen molar-refractivity contribution in [1.29, 1.82) is 0 Å². The number of aryl methyl sites for hydroxylation is 2. The van der Waals surface area contributed by atoms with Gasteiger partial charge in [0.25, 0.3) is 0 Å². The van der Waals surface area contributed by atoms with Crippen molar-refractivity contribution >= 4 is 25.0 Å². The Kier molecular flexibility index (Phi) is 5.83. The summed E-state index contributed by atoms with van der Waals surface area (Å²) >= 11 is 1.59. The van der Waals surface area contributed by atoms with E-state index >= 15 is 0 Å². The lowest BCUT2D eigenvalue weighted by molar-refractivity contribution is -0.689. The third kappa shape index (κ3) is 5.33. The van der Waals surface area contributed by atoms with Crippen LogP contribution in [0.3, 0.4) is 0 Å². The summed E-state index contributed by atoms with van der Waals surface area (Å²) in [7, 11) is -4.38. The molecule has 0 saturated heterocycles. The summed E-state index contributed by atoms with van der Waals surface area (Å²) in [6.07, 6.45) is 2.97. The first-order chi connectivity index (χ1) is 10.8. The monoisotopic (exact) mass is 362 g/mol. The maximum Gasteiger partial charge on any atom is 0.469 e. The van der Waals surface area contributed by atoms with Crippen molar-refractivity contribution in [3.8, 4) is 0 Å². The average Bonchev–Trinajstić information content (AvgIpc) is 2.78. The second kappa shape index (κ2) is 7.46. The Balaban J connectivity index is 1.97. The number of hydrogen-bond donors (Lipinski definition) is 3. The van der Waals surface area contributed by atoms with Crippen LogP contribution in [0.1, 0.15) is 28.4 Å². The number of hydrogen-bond acceptors (Lipinski definition) is 6. The minimum absolute atomic E-state index is 0.0281. The molecule has 4 N–H and O–H groups in total. The molecule has 0 aliphatic heterocycles. The summed E-state index contributed by atoms with van der Waals surface area (Å²) in [5, 5.41) is 0. The van der Waals surface area contributed by atoms with Crippen LogP contribution in [0.2, 0.25) is 0 Å². The van der Waals surface area contributed by atoms with Crippen LogP contribution in [0.25, 0.3) is 0 Å². The van der Waals surface area contributed by atoms with Gasteiger partial charge in [-0.25, -0.2) is 14.5 Å². The minimum atomic E-state index is -4.38. The first-order valence-electron chi connectivity index (χ1n) is 7.01. The molecule has 8 nitrogen and oxygen atoms in total. The zero-order valence-corrected chi connectivity index (χ0v) is 14.7. The number of rotatable bonds is 7. The minimum Gasteiger partial charge on any atom is -0.383 e. The Labute approximate surface area is 138 Å². The fourth-order valence-corrected chi connectivity index (χ4v) is 3.49. The Bertz CT molecular complexity index is 731. The Morgan fingerprint density at radius 1 is 1.43 bits per heavy atom. The van der Waals surface area contributed by atoms with Crippen molar-refractivity contribution in [1.82, 2.24) is 9.97 Å². The van der Waals surface area contributed by atoms with Gasteiger partial charge < -0.3 is 15.5 Å². The van der Waals surface area contributed by atoms with E-state index in [2.05, 4.69) is 19.1 Å². The molecule has 0 aliphatic carbocycles. The number of nitrogen functional groups attached to an aromatic ring is 1. The van der Waals surface area contributed by atoms with Gasteiger partial charge in [0, 0.05) is 13.1 Å². The first-order valence-corrected chi connectivity index (χ1v) is 9.42. The maximum atomic E-state index is 10.6. The van der Waals surface area contributed by atoms with Crippen LogP contribution in [0.15, 0.2) is 11.7 Å². The van der Waals surface area contributed by atoms with E-state index in [1.807, 2.05) is 12.4 Å². The van der Waals surface area contributed by atoms with Gasteiger partial charge in [0.05, 0.1) is 17.0 Å². The second-order valence-corrected chi connectivity index (χ2v) is 7.29. The summed E-state index contributed by atoms with van der Waals surface area (Å²) < 4.78 is 17.1. The molecule has 0 unspecified atom stereocenters. The molecule has 2 aromatic rings. The van der Waals surface area contributed by atoms with Gasteiger partial charge >= 0.3 is 7.82 Å². The summed E-state index contributed by atoms with van der Waals surface area (Å²) in [5.41, 5.74) is 9.86. The van der Waals surface area contributed by atoms with Crippen molar-refractivity contribution < 1.29 is 23.4 Å². The molecule has 23 heavy (non-hydrogen) atoms. The average molecular weight is 362 g/mol. The molecule has 10 heteroatoms. The number of nitrogens with two attached hydrogens (primary N) is 1. The van der Waals surface area contributed by atoms with E-state index in [0.717, 1.165) is 16.1 Å². The van der Waals surface area contributed by atoms with Gasteiger partial charge in [0.1, 0.15) is 11.6 Å². The van der Waals surface area contributed by atoms with E-state index in [1.54, 1.807) is 24.5 Å². The van der Waals surface area contributed by atoms with Gasteiger partial charge in [0.2, 0.25) is 5.51 Å². The van der Waals surface area contributed by atoms with Gasteiger partial charge in [-0.3, -0.25) is 4.52 Å². The number of phosphoric acid groups is 1. The topological polar surface area (TPSA) is 122 Å². The van der Waals surface area contributed by atoms with Gasteiger partial charge in [-0.05, 0) is 19.8 Å². The van der Waals surface area contributed by atoms with Gasteiger partial charge in [-0.15, -0.1) is 0 Å². The highest BCUT2D eigenvalue weighted by Crippen LogP contribution is 2.35. The number of aromatic nitrogens is 3. The zero-order valence-electron chi connectivity index (χ0n) is 13.0. The lowest BCUT2D eigenvalue weighted by Crippen LogP contribution is -2.35. The largest absolute Gasteiger partial charge is 0.469 e. The molecule has 0 radical (unpaired) electrons. The van der Waals surface area contributed by atoms with E-state index in [9.17, 15) is 4.57 Å². The van der Waals surface area contributed by atoms with Gasteiger partial charge in [-0.1, -0.05) is 11.3 Å². The number of anilines is 1. The molecule has 0 atom stereocenters. The Hall–Kier alpha value is -1.38. The van der Waals surface area contributed by atoms with Crippen molar-refractivity contribution in [3.05, 3.63) is 33.7 Å². The third-order valence-corrected chi connectivity index (χ3v) is 4.99. The standard InChI is InChI=1S/C13H19N4O4PS/c1-9-12(4-3-5-21-22(18,19)20)23-8-17(9)7-11-6-15-10(2)16-13(11)14/h6,8H,3-5,7H2,1-2H3,(H3-,14,15,16,18,19,20)/p+1/i1+1,9+1,12+1. The van der Waals surface area contributed by atoms with Crippen LogP contribution in [-0.2, 0) is 22.1 Å².